The maximum absolute atomic E-state index is 11.0. The largest absolute Gasteiger partial charge is 0.478 e. The highest BCUT2D eigenvalue weighted by atomic mass is 16.4. The fourth-order valence-corrected chi connectivity index (χ4v) is 1.73. The second-order valence-electron chi connectivity index (χ2n) is 3.90. The Kier molecular flexibility index (Phi) is 3.48. The van der Waals surface area contributed by atoms with Crippen LogP contribution in [0.25, 0.3) is 0 Å². The van der Waals surface area contributed by atoms with E-state index in [1.165, 1.54) is 0 Å². The molecule has 4 heteroatoms. The summed E-state index contributed by atoms with van der Waals surface area (Å²) in [6.45, 7) is 0.427. The zero-order valence-corrected chi connectivity index (χ0v) is 9.76. The SMILES string of the molecule is Nc1ccccc1NCc1ccccc1C(=O)O. The van der Waals surface area contributed by atoms with E-state index in [1.54, 1.807) is 24.3 Å². The van der Waals surface area contributed by atoms with Crippen molar-refractivity contribution < 1.29 is 9.90 Å². The summed E-state index contributed by atoms with van der Waals surface area (Å²) in [5.41, 5.74) is 8.29. The van der Waals surface area contributed by atoms with E-state index in [-0.39, 0.29) is 0 Å². The Hall–Kier alpha value is -2.49. The highest BCUT2D eigenvalue weighted by molar-refractivity contribution is 5.89. The first-order chi connectivity index (χ1) is 8.68. The quantitative estimate of drug-likeness (QED) is 0.720. The minimum Gasteiger partial charge on any atom is -0.478 e. The van der Waals surface area contributed by atoms with Crippen LogP contribution in [0, 0.1) is 0 Å². The van der Waals surface area contributed by atoms with Gasteiger partial charge in [-0.15, -0.1) is 0 Å². The zero-order valence-electron chi connectivity index (χ0n) is 9.76. The van der Waals surface area contributed by atoms with Crippen molar-refractivity contribution in [2.45, 2.75) is 6.54 Å². The molecule has 0 heterocycles. The number of aromatic carboxylic acids is 1. The summed E-state index contributed by atoms with van der Waals surface area (Å²) in [5.74, 6) is -0.923. The second-order valence-corrected chi connectivity index (χ2v) is 3.90. The third kappa shape index (κ3) is 2.60. The molecule has 0 aromatic heterocycles. The molecule has 0 radical (unpaired) electrons. The molecule has 0 aliphatic heterocycles. The number of rotatable bonds is 4. The second kappa shape index (κ2) is 5.23. The maximum Gasteiger partial charge on any atom is 0.336 e. The van der Waals surface area contributed by atoms with Gasteiger partial charge in [-0.25, -0.2) is 4.79 Å². The fraction of sp³-hybridized carbons (Fsp3) is 0.0714. The summed E-state index contributed by atoms with van der Waals surface area (Å²) < 4.78 is 0. The van der Waals surface area contributed by atoms with Gasteiger partial charge >= 0.3 is 5.97 Å². The number of hydrogen-bond donors (Lipinski definition) is 3. The molecule has 0 saturated carbocycles. The third-order valence-electron chi connectivity index (χ3n) is 2.68. The number of anilines is 2. The number of carbonyl (C=O) groups is 1. The number of hydrogen-bond acceptors (Lipinski definition) is 3. The average molecular weight is 242 g/mol. The van der Waals surface area contributed by atoms with Gasteiger partial charge in [0.05, 0.1) is 16.9 Å². The van der Waals surface area contributed by atoms with Crippen molar-refractivity contribution >= 4 is 17.3 Å². The first kappa shape index (κ1) is 12.0. The highest BCUT2D eigenvalue weighted by Crippen LogP contribution is 2.18. The lowest BCUT2D eigenvalue weighted by atomic mass is 10.1. The van der Waals surface area contributed by atoms with Crippen molar-refractivity contribution in [2.75, 3.05) is 11.1 Å². The summed E-state index contributed by atoms with van der Waals surface area (Å²) >= 11 is 0. The van der Waals surface area contributed by atoms with Gasteiger partial charge in [0.1, 0.15) is 0 Å². The summed E-state index contributed by atoms with van der Waals surface area (Å²) in [4.78, 5) is 11.0. The van der Waals surface area contributed by atoms with Gasteiger partial charge in [-0.1, -0.05) is 30.3 Å². The topological polar surface area (TPSA) is 75.3 Å². The van der Waals surface area contributed by atoms with Crippen molar-refractivity contribution in [3.05, 3.63) is 59.7 Å². The zero-order chi connectivity index (χ0) is 13.0. The summed E-state index contributed by atoms with van der Waals surface area (Å²) in [6, 6.07) is 14.3. The van der Waals surface area contributed by atoms with Crippen LogP contribution in [-0.4, -0.2) is 11.1 Å². The Labute approximate surface area is 105 Å². The first-order valence-corrected chi connectivity index (χ1v) is 5.58. The third-order valence-corrected chi connectivity index (χ3v) is 2.68. The number of carboxylic acid groups (broad SMARTS) is 1. The van der Waals surface area contributed by atoms with Crippen LogP contribution in [0.15, 0.2) is 48.5 Å². The molecule has 0 aliphatic rings. The van der Waals surface area contributed by atoms with Gasteiger partial charge in [-0.05, 0) is 23.8 Å². The summed E-state index contributed by atoms with van der Waals surface area (Å²) in [5, 5.41) is 12.2. The van der Waals surface area contributed by atoms with E-state index in [0.29, 0.717) is 17.8 Å². The molecule has 2 aromatic rings. The van der Waals surface area contributed by atoms with E-state index in [4.69, 9.17) is 10.8 Å². The van der Waals surface area contributed by atoms with Crippen molar-refractivity contribution in [1.82, 2.24) is 0 Å². The van der Waals surface area contributed by atoms with Gasteiger partial charge < -0.3 is 16.2 Å². The van der Waals surface area contributed by atoms with Gasteiger partial charge in [-0.2, -0.15) is 0 Å². The Morgan fingerprint density at radius 3 is 2.50 bits per heavy atom. The molecular weight excluding hydrogens is 228 g/mol. The molecule has 18 heavy (non-hydrogen) atoms. The molecule has 4 nitrogen and oxygen atoms in total. The number of carboxylic acids is 1. The molecule has 0 amide bonds. The van der Waals surface area contributed by atoms with Gasteiger partial charge in [0, 0.05) is 6.54 Å². The number of nitrogen functional groups attached to an aromatic ring is 1. The molecule has 0 saturated heterocycles. The molecule has 2 rings (SSSR count). The van der Waals surface area contributed by atoms with Gasteiger partial charge in [0.15, 0.2) is 0 Å². The molecule has 0 atom stereocenters. The van der Waals surface area contributed by atoms with Crippen molar-refractivity contribution in [2.24, 2.45) is 0 Å². The number of nitrogens with two attached hydrogens (primary N) is 1. The van der Waals surface area contributed by atoms with Crippen LogP contribution in [-0.2, 0) is 6.54 Å². The van der Waals surface area contributed by atoms with Crippen molar-refractivity contribution in [3.8, 4) is 0 Å². The van der Waals surface area contributed by atoms with Gasteiger partial charge in [-0.3, -0.25) is 0 Å². The Morgan fingerprint density at radius 1 is 1.11 bits per heavy atom. The van der Waals surface area contributed by atoms with E-state index in [9.17, 15) is 4.79 Å². The van der Waals surface area contributed by atoms with Gasteiger partial charge in [0.25, 0.3) is 0 Å². The van der Waals surface area contributed by atoms with Crippen LogP contribution in [0.2, 0.25) is 0 Å². The van der Waals surface area contributed by atoms with E-state index in [0.717, 1.165) is 11.3 Å². The first-order valence-electron chi connectivity index (χ1n) is 5.58. The van der Waals surface area contributed by atoms with Crippen LogP contribution in [0.4, 0.5) is 11.4 Å². The van der Waals surface area contributed by atoms with Crippen molar-refractivity contribution in [1.29, 1.82) is 0 Å². The van der Waals surface area contributed by atoms with Gasteiger partial charge in [0.2, 0.25) is 0 Å². The monoisotopic (exact) mass is 242 g/mol. The van der Waals surface area contributed by atoms with Crippen LogP contribution in [0.3, 0.4) is 0 Å². The Bertz CT molecular complexity index is 567. The molecule has 2 aromatic carbocycles. The minimum atomic E-state index is -0.923. The molecule has 4 N–H and O–H groups in total. The minimum absolute atomic E-state index is 0.305. The maximum atomic E-state index is 11.0. The lowest BCUT2D eigenvalue weighted by Crippen LogP contribution is -2.08. The molecule has 0 spiro atoms. The lowest BCUT2D eigenvalue weighted by molar-refractivity contribution is 0.0696. The predicted molar refractivity (Wildman–Crippen MR) is 71.6 cm³/mol. The van der Waals surface area contributed by atoms with E-state index < -0.39 is 5.97 Å². The molecule has 92 valence electrons. The Morgan fingerprint density at radius 2 is 1.78 bits per heavy atom. The summed E-state index contributed by atoms with van der Waals surface area (Å²) in [6.07, 6.45) is 0. The Balaban J connectivity index is 2.16. The molecule has 0 fully saturated rings. The van der Waals surface area contributed by atoms with Crippen LogP contribution in [0.1, 0.15) is 15.9 Å². The average Bonchev–Trinajstić information content (AvgIpc) is 2.38. The smallest absolute Gasteiger partial charge is 0.336 e. The molecular formula is C14H14N2O2. The number of para-hydroxylation sites is 2. The summed E-state index contributed by atoms with van der Waals surface area (Å²) in [7, 11) is 0. The van der Waals surface area contributed by atoms with Crippen LogP contribution >= 0.6 is 0 Å². The van der Waals surface area contributed by atoms with Crippen LogP contribution < -0.4 is 11.1 Å². The fourth-order valence-electron chi connectivity index (χ4n) is 1.73. The molecule has 0 aliphatic carbocycles. The standard InChI is InChI=1S/C14H14N2O2/c15-12-7-3-4-8-13(12)16-9-10-5-1-2-6-11(10)14(17)18/h1-8,16H,9,15H2,(H,17,18). The molecule has 0 bridgehead atoms. The van der Waals surface area contributed by atoms with E-state index in [2.05, 4.69) is 5.32 Å². The van der Waals surface area contributed by atoms with E-state index >= 15 is 0 Å². The molecule has 0 unspecified atom stereocenters. The number of nitrogens with one attached hydrogen (secondary N) is 1. The lowest BCUT2D eigenvalue weighted by Gasteiger charge is -2.10. The van der Waals surface area contributed by atoms with E-state index in [1.807, 2.05) is 24.3 Å². The normalized spacial score (nSPS) is 10.0. The van der Waals surface area contributed by atoms with Crippen molar-refractivity contribution in [3.63, 3.8) is 0 Å². The number of benzene rings is 2. The predicted octanol–water partition coefficient (Wildman–Crippen LogP) is 2.58. The van der Waals surface area contributed by atoms with Crippen LogP contribution in [0.5, 0.6) is 0 Å². The highest BCUT2D eigenvalue weighted by Gasteiger charge is 2.08.